The third-order valence-corrected chi connectivity index (χ3v) is 2.74. The first-order chi connectivity index (χ1) is 6.91. The molecule has 3 N–H and O–H groups in total. The van der Waals surface area contributed by atoms with E-state index in [1.165, 1.54) is 0 Å². The van der Waals surface area contributed by atoms with Crippen molar-refractivity contribution in [3.63, 3.8) is 0 Å². The third-order valence-electron chi connectivity index (χ3n) is 2.74. The zero-order chi connectivity index (χ0) is 11.6. The molecule has 0 spiro atoms. The molecule has 0 aliphatic carbocycles. The number of aliphatic carboxylic acids is 1. The molecule has 1 fully saturated rings. The van der Waals surface area contributed by atoms with Crippen LogP contribution in [-0.4, -0.2) is 41.0 Å². The normalized spacial score (nSPS) is 18.8. The Morgan fingerprint density at radius 1 is 1.47 bits per heavy atom. The van der Waals surface area contributed by atoms with Crippen LogP contribution in [0.5, 0.6) is 0 Å². The van der Waals surface area contributed by atoms with Crippen LogP contribution in [0.4, 0.5) is 0 Å². The van der Waals surface area contributed by atoms with Gasteiger partial charge in [0.15, 0.2) is 0 Å². The van der Waals surface area contributed by atoms with E-state index < -0.39 is 12.0 Å². The molecular formula is C10H18N2O3. The first-order valence-corrected chi connectivity index (χ1v) is 5.18. The molecule has 0 aromatic rings. The van der Waals surface area contributed by atoms with E-state index in [-0.39, 0.29) is 24.2 Å². The minimum atomic E-state index is -0.805. The fraction of sp³-hybridized carbons (Fsp3) is 0.800. The van der Waals surface area contributed by atoms with Crippen molar-refractivity contribution in [2.75, 3.05) is 13.1 Å². The maximum Gasteiger partial charge on any atom is 0.303 e. The van der Waals surface area contributed by atoms with Gasteiger partial charge >= 0.3 is 5.97 Å². The lowest BCUT2D eigenvalue weighted by Gasteiger charge is -2.40. The molecule has 1 rings (SSSR count). The molecule has 86 valence electrons. The standard InChI is InChI=1S/C10H18N2O3/c1-6(2)9(11)10(15)12-4-7(5-12)3-8(13)14/h6-7,9H,3-5,11H2,1-2H3,(H,13,14). The number of carbonyl (C=O) groups excluding carboxylic acids is 1. The summed E-state index contributed by atoms with van der Waals surface area (Å²) < 4.78 is 0. The van der Waals surface area contributed by atoms with E-state index in [4.69, 9.17) is 10.8 Å². The smallest absolute Gasteiger partial charge is 0.303 e. The van der Waals surface area contributed by atoms with E-state index in [0.717, 1.165) is 0 Å². The monoisotopic (exact) mass is 214 g/mol. The largest absolute Gasteiger partial charge is 0.481 e. The molecule has 5 nitrogen and oxygen atoms in total. The Kier molecular flexibility index (Phi) is 3.68. The van der Waals surface area contributed by atoms with Gasteiger partial charge in [-0.2, -0.15) is 0 Å². The summed E-state index contributed by atoms with van der Waals surface area (Å²) in [6, 6.07) is -0.462. The molecule has 1 unspecified atom stereocenters. The fourth-order valence-corrected chi connectivity index (χ4v) is 1.62. The maximum absolute atomic E-state index is 11.7. The third kappa shape index (κ3) is 2.92. The van der Waals surface area contributed by atoms with Crippen LogP contribution in [0.15, 0.2) is 0 Å². The van der Waals surface area contributed by atoms with Gasteiger partial charge in [0.2, 0.25) is 5.91 Å². The lowest BCUT2D eigenvalue weighted by Crippen LogP contribution is -2.56. The molecular weight excluding hydrogens is 196 g/mol. The molecule has 1 amide bonds. The van der Waals surface area contributed by atoms with Crippen LogP contribution in [0, 0.1) is 11.8 Å². The molecule has 0 bridgehead atoms. The fourth-order valence-electron chi connectivity index (χ4n) is 1.62. The van der Waals surface area contributed by atoms with Crippen LogP contribution in [0.25, 0.3) is 0 Å². The van der Waals surface area contributed by atoms with Gasteiger partial charge in [0.25, 0.3) is 0 Å². The van der Waals surface area contributed by atoms with Crippen molar-refractivity contribution in [1.82, 2.24) is 4.90 Å². The SMILES string of the molecule is CC(C)C(N)C(=O)N1CC(CC(=O)O)C1. The van der Waals surface area contributed by atoms with Gasteiger partial charge in [-0.15, -0.1) is 0 Å². The van der Waals surface area contributed by atoms with Crippen molar-refractivity contribution in [2.45, 2.75) is 26.3 Å². The first kappa shape index (κ1) is 12.0. The summed E-state index contributed by atoms with van der Waals surface area (Å²) in [6.45, 7) is 4.87. The van der Waals surface area contributed by atoms with Crippen molar-refractivity contribution in [3.05, 3.63) is 0 Å². The Bertz CT molecular complexity index is 259. The molecule has 0 radical (unpaired) electrons. The molecule has 5 heteroatoms. The van der Waals surface area contributed by atoms with E-state index in [1.54, 1.807) is 4.90 Å². The molecule has 1 heterocycles. The topological polar surface area (TPSA) is 83.6 Å². The van der Waals surface area contributed by atoms with Crippen molar-refractivity contribution < 1.29 is 14.7 Å². The minimum Gasteiger partial charge on any atom is -0.481 e. The van der Waals surface area contributed by atoms with Gasteiger partial charge in [-0.05, 0) is 5.92 Å². The second kappa shape index (κ2) is 4.61. The second-order valence-electron chi connectivity index (χ2n) is 4.48. The molecule has 0 aromatic heterocycles. The van der Waals surface area contributed by atoms with Gasteiger partial charge < -0.3 is 15.7 Å². The van der Waals surface area contributed by atoms with Gasteiger partial charge in [0.05, 0.1) is 12.5 Å². The number of nitrogens with zero attached hydrogens (tertiary/aromatic N) is 1. The Hall–Kier alpha value is -1.10. The molecule has 15 heavy (non-hydrogen) atoms. The summed E-state index contributed by atoms with van der Waals surface area (Å²) in [5, 5.41) is 8.54. The number of rotatable bonds is 4. The lowest BCUT2D eigenvalue weighted by molar-refractivity contribution is -0.146. The van der Waals surface area contributed by atoms with E-state index in [0.29, 0.717) is 13.1 Å². The summed E-state index contributed by atoms with van der Waals surface area (Å²) >= 11 is 0. The number of carboxylic acids is 1. The highest BCUT2D eigenvalue weighted by Crippen LogP contribution is 2.20. The van der Waals surface area contributed by atoms with Gasteiger partial charge in [-0.25, -0.2) is 0 Å². The Labute approximate surface area is 89.2 Å². The highest BCUT2D eigenvalue weighted by molar-refractivity contribution is 5.82. The van der Waals surface area contributed by atoms with E-state index in [2.05, 4.69) is 0 Å². The van der Waals surface area contributed by atoms with Crippen LogP contribution < -0.4 is 5.73 Å². The average Bonchev–Trinajstić information content (AvgIpc) is 2.07. The van der Waals surface area contributed by atoms with Crippen LogP contribution in [0.1, 0.15) is 20.3 Å². The van der Waals surface area contributed by atoms with Crippen molar-refractivity contribution in [1.29, 1.82) is 0 Å². The average molecular weight is 214 g/mol. The Balaban J connectivity index is 2.32. The van der Waals surface area contributed by atoms with Crippen LogP contribution in [-0.2, 0) is 9.59 Å². The maximum atomic E-state index is 11.7. The Morgan fingerprint density at radius 2 is 2.00 bits per heavy atom. The zero-order valence-corrected chi connectivity index (χ0v) is 9.14. The number of carboxylic acid groups (broad SMARTS) is 1. The van der Waals surface area contributed by atoms with Crippen molar-refractivity contribution >= 4 is 11.9 Å². The van der Waals surface area contributed by atoms with Crippen LogP contribution in [0.2, 0.25) is 0 Å². The predicted octanol–water partition coefficient (Wildman–Crippen LogP) is -0.0972. The summed E-state index contributed by atoms with van der Waals surface area (Å²) in [6.07, 6.45) is 0.140. The summed E-state index contributed by atoms with van der Waals surface area (Å²) in [4.78, 5) is 23.7. The summed E-state index contributed by atoms with van der Waals surface area (Å²) in [5.74, 6) is -0.645. The number of hydrogen-bond donors (Lipinski definition) is 2. The molecule has 1 saturated heterocycles. The molecule has 1 aliphatic heterocycles. The summed E-state index contributed by atoms with van der Waals surface area (Å²) in [7, 11) is 0. The highest BCUT2D eigenvalue weighted by atomic mass is 16.4. The molecule has 0 saturated carbocycles. The van der Waals surface area contributed by atoms with Crippen LogP contribution >= 0.6 is 0 Å². The number of likely N-dealkylation sites (tertiary alicyclic amines) is 1. The number of amides is 1. The minimum absolute atomic E-state index is 0.0633. The number of hydrogen-bond acceptors (Lipinski definition) is 3. The van der Waals surface area contributed by atoms with Gasteiger partial charge in [0.1, 0.15) is 0 Å². The molecule has 0 aromatic carbocycles. The van der Waals surface area contributed by atoms with Gasteiger partial charge in [0, 0.05) is 19.0 Å². The van der Waals surface area contributed by atoms with Crippen molar-refractivity contribution in [2.24, 2.45) is 17.6 Å². The lowest BCUT2D eigenvalue weighted by atomic mass is 9.94. The molecule has 1 atom stereocenters. The second-order valence-corrected chi connectivity index (χ2v) is 4.48. The van der Waals surface area contributed by atoms with Crippen molar-refractivity contribution in [3.8, 4) is 0 Å². The molecule has 1 aliphatic rings. The van der Waals surface area contributed by atoms with Gasteiger partial charge in [-0.3, -0.25) is 9.59 Å². The number of carbonyl (C=O) groups is 2. The Morgan fingerprint density at radius 3 is 2.40 bits per heavy atom. The zero-order valence-electron chi connectivity index (χ0n) is 9.14. The van der Waals surface area contributed by atoms with E-state index in [9.17, 15) is 9.59 Å². The van der Waals surface area contributed by atoms with E-state index in [1.807, 2.05) is 13.8 Å². The first-order valence-electron chi connectivity index (χ1n) is 5.18. The number of nitrogens with two attached hydrogens (primary N) is 1. The predicted molar refractivity (Wildman–Crippen MR) is 55.1 cm³/mol. The van der Waals surface area contributed by atoms with Gasteiger partial charge in [-0.1, -0.05) is 13.8 Å². The highest BCUT2D eigenvalue weighted by Gasteiger charge is 2.34. The van der Waals surface area contributed by atoms with E-state index >= 15 is 0 Å². The summed E-state index contributed by atoms with van der Waals surface area (Å²) in [5.41, 5.74) is 5.71. The quantitative estimate of drug-likeness (QED) is 0.684. The van der Waals surface area contributed by atoms with Crippen LogP contribution in [0.3, 0.4) is 0 Å².